The number of carbonyl (C=O) groups is 2. The van der Waals surface area contributed by atoms with Crippen molar-refractivity contribution in [1.29, 1.82) is 0 Å². The van der Waals surface area contributed by atoms with Gasteiger partial charge in [0.1, 0.15) is 5.54 Å². The highest BCUT2D eigenvalue weighted by atomic mass is 16.2. The fourth-order valence-corrected chi connectivity index (χ4v) is 1.53. The predicted molar refractivity (Wildman–Crippen MR) is 57.1 cm³/mol. The third kappa shape index (κ3) is 3.20. The SMILES string of the molecule is CC(C)(NC(=O)C1CCCCN1)C(N)=O. The molecule has 0 bridgehead atoms. The van der Waals surface area contributed by atoms with Crippen molar-refractivity contribution in [3.8, 4) is 0 Å². The first-order valence-corrected chi connectivity index (χ1v) is 5.29. The topological polar surface area (TPSA) is 84.2 Å². The van der Waals surface area contributed by atoms with Crippen LogP contribution in [0.2, 0.25) is 0 Å². The average Bonchev–Trinajstić information content (AvgIpc) is 2.18. The maximum atomic E-state index is 11.7. The maximum Gasteiger partial charge on any atom is 0.242 e. The lowest BCUT2D eigenvalue weighted by Crippen LogP contribution is -2.58. The third-order valence-electron chi connectivity index (χ3n) is 2.68. The number of piperidine rings is 1. The van der Waals surface area contributed by atoms with Crippen LogP contribution in [-0.2, 0) is 9.59 Å². The number of hydrogen-bond donors (Lipinski definition) is 3. The molecule has 0 aromatic heterocycles. The van der Waals surface area contributed by atoms with E-state index in [4.69, 9.17) is 5.73 Å². The molecule has 1 unspecified atom stereocenters. The Labute approximate surface area is 89.8 Å². The lowest BCUT2D eigenvalue weighted by Gasteiger charge is -2.28. The molecule has 0 aromatic carbocycles. The van der Waals surface area contributed by atoms with Gasteiger partial charge in [-0.25, -0.2) is 0 Å². The fraction of sp³-hybridized carbons (Fsp3) is 0.800. The van der Waals surface area contributed by atoms with Gasteiger partial charge in [-0.15, -0.1) is 0 Å². The molecule has 1 rings (SSSR count). The average molecular weight is 213 g/mol. The molecule has 2 amide bonds. The van der Waals surface area contributed by atoms with Gasteiger partial charge in [-0.3, -0.25) is 9.59 Å². The third-order valence-corrected chi connectivity index (χ3v) is 2.68. The molecule has 4 N–H and O–H groups in total. The van der Waals surface area contributed by atoms with Gasteiger partial charge in [0.2, 0.25) is 11.8 Å². The van der Waals surface area contributed by atoms with Crippen molar-refractivity contribution in [2.24, 2.45) is 5.73 Å². The van der Waals surface area contributed by atoms with E-state index >= 15 is 0 Å². The first-order chi connectivity index (χ1) is 6.93. The van der Waals surface area contributed by atoms with Crippen LogP contribution in [-0.4, -0.2) is 29.9 Å². The summed E-state index contributed by atoms with van der Waals surface area (Å²) in [5, 5.41) is 5.77. The summed E-state index contributed by atoms with van der Waals surface area (Å²) in [6, 6.07) is -0.183. The maximum absolute atomic E-state index is 11.7. The normalized spacial score (nSPS) is 22.1. The van der Waals surface area contributed by atoms with Crippen LogP contribution in [0, 0.1) is 0 Å². The van der Waals surface area contributed by atoms with Crippen molar-refractivity contribution in [2.75, 3.05) is 6.54 Å². The molecule has 1 aliphatic rings. The smallest absolute Gasteiger partial charge is 0.242 e. The molecule has 1 heterocycles. The number of nitrogens with one attached hydrogen (secondary N) is 2. The van der Waals surface area contributed by atoms with Crippen molar-refractivity contribution < 1.29 is 9.59 Å². The standard InChI is InChI=1S/C10H19N3O2/c1-10(2,9(11)15)13-8(14)7-5-3-4-6-12-7/h7,12H,3-6H2,1-2H3,(H2,11,15)(H,13,14). The zero-order valence-corrected chi connectivity index (χ0v) is 9.30. The van der Waals surface area contributed by atoms with Gasteiger partial charge in [0, 0.05) is 0 Å². The van der Waals surface area contributed by atoms with Gasteiger partial charge < -0.3 is 16.4 Å². The minimum absolute atomic E-state index is 0.140. The summed E-state index contributed by atoms with van der Waals surface area (Å²) in [6.07, 6.45) is 2.96. The van der Waals surface area contributed by atoms with Crippen LogP contribution in [0.4, 0.5) is 0 Å². The monoisotopic (exact) mass is 213 g/mol. The zero-order chi connectivity index (χ0) is 11.5. The molecular formula is C10H19N3O2. The van der Waals surface area contributed by atoms with Gasteiger partial charge in [0.25, 0.3) is 0 Å². The molecule has 0 aliphatic carbocycles. The summed E-state index contributed by atoms with van der Waals surface area (Å²) < 4.78 is 0. The summed E-state index contributed by atoms with van der Waals surface area (Å²) in [7, 11) is 0. The Kier molecular flexibility index (Phi) is 3.68. The molecule has 0 aromatic rings. The largest absolute Gasteiger partial charge is 0.368 e. The van der Waals surface area contributed by atoms with Crippen LogP contribution in [0.3, 0.4) is 0 Å². The highest BCUT2D eigenvalue weighted by Crippen LogP contribution is 2.09. The lowest BCUT2D eigenvalue weighted by molar-refractivity contribution is -0.131. The van der Waals surface area contributed by atoms with Gasteiger partial charge >= 0.3 is 0 Å². The molecular weight excluding hydrogens is 194 g/mol. The predicted octanol–water partition coefficient (Wildman–Crippen LogP) is -0.491. The van der Waals surface area contributed by atoms with E-state index < -0.39 is 11.4 Å². The van der Waals surface area contributed by atoms with Crippen molar-refractivity contribution >= 4 is 11.8 Å². The summed E-state index contributed by atoms with van der Waals surface area (Å²) in [4.78, 5) is 22.8. The van der Waals surface area contributed by atoms with E-state index in [9.17, 15) is 9.59 Å². The summed E-state index contributed by atoms with van der Waals surface area (Å²) in [5.41, 5.74) is 4.20. The molecule has 1 fully saturated rings. The Morgan fingerprint density at radius 1 is 1.40 bits per heavy atom. The Morgan fingerprint density at radius 2 is 2.07 bits per heavy atom. The Bertz CT molecular complexity index is 257. The first-order valence-electron chi connectivity index (χ1n) is 5.29. The number of nitrogens with two attached hydrogens (primary N) is 1. The van der Waals surface area contributed by atoms with E-state index in [0.29, 0.717) is 0 Å². The van der Waals surface area contributed by atoms with E-state index in [1.54, 1.807) is 13.8 Å². The van der Waals surface area contributed by atoms with Gasteiger partial charge in [-0.05, 0) is 33.2 Å². The van der Waals surface area contributed by atoms with Gasteiger partial charge in [0.05, 0.1) is 6.04 Å². The van der Waals surface area contributed by atoms with Crippen molar-refractivity contribution in [1.82, 2.24) is 10.6 Å². The molecule has 0 saturated carbocycles. The highest BCUT2D eigenvalue weighted by molar-refractivity contribution is 5.91. The van der Waals surface area contributed by atoms with Crippen LogP contribution in [0.1, 0.15) is 33.1 Å². The zero-order valence-electron chi connectivity index (χ0n) is 9.30. The molecule has 15 heavy (non-hydrogen) atoms. The van der Waals surface area contributed by atoms with E-state index in [2.05, 4.69) is 10.6 Å². The van der Waals surface area contributed by atoms with Crippen LogP contribution in [0.5, 0.6) is 0 Å². The van der Waals surface area contributed by atoms with Gasteiger partial charge in [-0.2, -0.15) is 0 Å². The fourth-order valence-electron chi connectivity index (χ4n) is 1.53. The second kappa shape index (κ2) is 4.61. The van der Waals surface area contributed by atoms with Crippen molar-refractivity contribution in [3.63, 3.8) is 0 Å². The molecule has 5 nitrogen and oxygen atoms in total. The minimum atomic E-state index is -0.976. The van der Waals surface area contributed by atoms with Crippen molar-refractivity contribution in [3.05, 3.63) is 0 Å². The van der Waals surface area contributed by atoms with Crippen LogP contribution >= 0.6 is 0 Å². The quantitative estimate of drug-likeness (QED) is 0.591. The molecule has 5 heteroatoms. The Hall–Kier alpha value is -1.10. The second-order valence-electron chi connectivity index (χ2n) is 4.48. The number of hydrogen-bond acceptors (Lipinski definition) is 3. The molecule has 0 radical (unpaired) electrons. The summed E-state index contributed by atoms with van der Waals surface area (Å²) >= 11 is 0. The lowest BCUT2D eigenvalue weighted by atomic mass is 10.0. The van der Waals surface area contributed by atoms with Crippen LogP contribution in [0.15, 0.2) is 0 Å². The Balaban J connectivity index is 2.50. The molecule has 1 atom stereocenters. The highest BCUT2D eigenvalue weighted by Gasteiger charge is 2.30. The summed E-state index contributed by atoms with van der Waals surface area (Å²) in [6.45, 7) is 4.07. The van der Waals surface area contributed by atoms with E-state index in [1.807, 2.05) is 0 Å². The van der Waals surface area contributed by atoms with Crippen molar-refractivity contribution in [2.45, 2.75) is 44.7 Å². The van der Waals surface area contributed by atoms with Gasteiger partial charge in [-0.1, -0.05) is 6.42 Å². The van der Waals surface area contributed by atoms with Crippen LogP contribution in [0.25, 0.3) is 0 Å². The number of rotatable bonds is 3. The molecule has 1 aliphatic heterocycles. The summed E-state index contributed by atoms with van der Waals surface area (Å²) in [5.74, 6) is -0.662. The number of amides is 2. The van der Waals surface area contributed by atoms with E-state index in [0.717, 1.165) is 25.8 Å². The van der Waals surface area contributed by atoms with Gasteiger partial charge in [0.15, 0.2) is 0 Å². The molecule has 1 saturated heterocycles. The molecule has 86 valence electrons. The molecule has 0 spiro atoms. The second-order valence-corrected chi connectivity index (χ2v) is 4.48. The van der Waals surface area contributed by atoms with Crippen LogP contribution < -0.4 is 16.4 Å². The van der Waals surface area contributed by atoms with E-state index in [-0.39, 0.29) is 11.9 Å². The van der Waals surface area contributed by atoms with E-state index in [1.165, 1.54) is 0 Å². The first kappa shape index (κ1) is 12.0. The number of primary amides is 1. The minimum Gasteiger partial charge on any atom is -0.368 e. The Morgan fingerprint density at radius 3 is 2.53 bits per heavy atom. The number of carbonyl (C=O) groups excluding carboxylic acids is 2.